The summed E-state index contributed by atoms with van der Waals surface area (Å²) in [6.07, 6.45) is 13.5. The third-order valence-corrected chi connectivity index (χ3v) is 11.8. The molecule has 0 fully saturated rings. The van der Waals surface area contributed by atoms with Gasteiger partial charge in [0.05, 0.1) is 0 Å². The first kappa shape index (κ1) is 34.6. The fourth-order valence-electron chi connectivity index (χ4n) is 8.78. The van der Waals surface area contributed by atoms with Gasteiger partial charge in [-0.2, -0.15) is 0 Å². The molecule has 8 aromatic carbocycles. The highest BCUT2D eigenvalue weighted by Gasteiger charge is 2.36. The van der Waals surface area contributed by atoms with Crippen LogP contribution in [0.5, 0.6) is 0 Å². The Labute approximate surface area is 336 Å². The SMILES string of the molecule is CC1(C)c2cc(/C=C/c3ccc(N(C4=CCCC=C4)c4ccccc4)cc3)ccc2-c2ccc(N(c3ccc4ccccc4c3)c3ccc4ccccc4c3)cc21. The van der Waals surface area contributed by atoms with Gasteiger partial charge in [0, 0.05) is 39.5 Å². The topological polar surface area (TPSA) is 6.48 Å². The van der Waals surface area contributed by atoms with Crippen LogP contribution in [0.2, 0.25) is 0 Å². The molecule has 274 valence electrons. The van der Waals surface area contributed by atoms with Crippen molar-refractivity contribution in [2.45, 2.75) is 32.1 Å². The van der Waals surface area contributed by atoms with E-state index in [1.165, 1.54) is 66.3 Å². The second-order valence-corrected chi connectivity index (χ2v) is 15.8. The Morgan fingerprint density at radius 2 is 0.930 bits per heavy atom. The van der Waals surface area contributed by atoms with E-state index in [0.717, 1.165) is 35.6 Å². The predicted molar refractivity (Wildman–Crippen MR) is 244 cm³/mol. The normalized spacial score (nSPS) is 14.1. The van der Waals surface area contributed by atoms with Gasteiger partial charge in [-0.3, -0.25) is 0 Å². The van der Waals surface area contributed by atoms with E-state index in [4.69, 9.17) is 0 Å². The van der Waals surface area contributed by atoms with Crippen molar-refractivity contribution < 1.29 is 0 Å². The number of nitrogens with zero attached hydrogens (tertiary/aromatic N) is 2. The fraction of sp³-hybridized carbons (Fsp3) is 0.0909. The van der Waals surface area contributed by atoms with E-state index < -0.39 is 0 Å². The Morgan fingerprint density at radius 1 is 0.421 bits per heavy atom. The van der Waals surface area contributed by atoms with Gasteiger partial charge >= 0.3 is 0 Å². The van der Waals surface area contributed by atoms with E-state index in [9.17, 15) is 0 Å². The molecule has 2 aliphatic carbocycles. The molecule has 0 amide bonds. The molecule has 0 spiro atoms. The molecule has 8 aromatic rings. The fourth-order valence-corrected chi connectivity index (χ4v) is 8.78. The quantitative estimate of drug-likeness (QED) is 0.144. The number of allylic oxidation sites excluding steroid dienone is 3. The van der Waals surface area contributed by atoms with Crippen LogP contribution in [0.1, 0.15) is 48.9 Å². The first-order valence-electron chi connectivity index (χ1n) is 20.1. The van der Waals surface area contributed by atoms with Crippen LogP contribution < -0.4 is 9.80 Å². The first-order valence-corrected chi connectivity index (χ1v) is 20.1. The summed E-state index contributed by atoms with van der Waals surface area (Å²) in [4.78, 5) is 4.76. The molecule has 2 heteroatoms. The highest BCUT2D eigenvalue weighted by atomic mass is 15.1. The summed E-state index contributed by atoms with van der Waals surface area (Å²) in [5, 5.41) is 4.95. The van der Waals surface area contributed by atoms with Crippen molar-refractivity contribution in [3.63, 3.8) is 0 Å². The molecule has 0 radical (unpaired) electrons. The Bertz CT molecular complexity index is 2800. The van der Waals surface area contributed by atoms with Gasteiger partial charge in [0.2, 0.25) is 0 Å². The third kappa shape index (κ3) is 6.44. The van der Waals surface area contributed by atoms with Gasteiger partial charge in [0.15, 0.2) is 0 Å². The second kappa shape index (κ2) is 14.3. The molecule has 0 aliphatic heterocycles. The summed E-state index contributed by atoms with van der Waals surface area (Å²) in [6, 6.07) is 64.4. The van der Waals surface area contributed by atoms with Crippen molar-refractivity contribution >= 4 is 62.1 Å². The monoisotopic (exact) mass is 732 g/mol. The van der Waals surface area contributed by atoms with Gasteiger partial charge in [-0.25, -0.2) is 0 Å². The number of rotatable bonds is 8. The average molecular weight is 733 g/mol. The van der Waals surface area contributed by atoms with Crippen LogP contribution >= 0.6 is 0 Å². The molecule has 0 heterocycles. The summed E-state index contributed by atoms with van der Waals surface area (Å²) in [5.41, 5.74) is 14.6. The van der Waals surface area contributed by atoms with Gasteiger partial charge < -0.3 is 9.80 Å². The molecule has 0 unspecified atom stereocenters. The molecule has 0 saturated heterocycles. The summed E-state index contributed by atoms with van der Waals surface area (Å²) in [7, 11) is 0. The van der Waals surface area contributed by atoms with Crippen LogP contribution in [0, 0.1) is 0 Å². The third-order valence-electron chi connectivity index (χ3n) is 11.8. The Morgan fingerprint density at radius 3 is 1.58 bits per heavy atom. The van der Waals surface area contributed by atoms with Gasteiger partial charge in [0.1, 0.15) is 0 Å². The lowest BCUT2D eigenvalue weighted by molar-refractivity contribution is 0.660. The van der Waals surface area contributed by atoms with Crippen LogP contribution in [0.15, 0.2) is 200 Å². The lowest BCUT2D eigenvalue weighted by atomic mass is 9.81. The molecular formula is C55H44N2. The smallest absolute Gasteiger partial charge is 0.0468 e. The standard InChI is InChI=1S/C55H44N2/c1-55(2)53-35-40(22-21-39-23-28-47(29-24-39)56(45-17-5-3-6-18-45)46-19-7-4-8-20-46)25-33-51(53)52-34-32-50(38-54(52)55)57(48-30-26-41-13-9-11-15-43(41)36-48)49-31-27-42-14-10-12-16-44(42)37-49/h3,5-7,9-38H,4,8H2,1-2H3/b22-21+. The van der Waals surface area contributed by atoms with E-state index >= 15 is 0 Å². The molecule has 0 bridgehead atoms. The molecule has 0 atom stereocenters. The Hall–Kier alpha value is -6.90. The van der Waals surface area contributed by atoms with Crippen LogP contribution in [-0.2, 0) is 5.41 Å². The summed E-state index contributed by atoms with van der Waals surface area (Å²) >= 11 is 0. The molecule has 10 rings (SSSR count). The Kier molecular flexibility index (Phi) is 8.68. The van der Waals surface area contributed by atoms with Crippen LogP contribution in [0.3, 0.4) is 0 Å². The van der Waals surface area contributed by atoms with E-state index in [-0.39, 0.29) is 5.41 Å². The molecule has 0 saturated carbocycles. The van der Waals surface area contributed by atoms with Crippen LogP contribution in [0.4, 0.5) is 28.4 Å². The number of fused-ring (bicyclic) bond motifs is 5. The minimum atomic E-state index is -0.173. The van der Waals surface area contributed by atoms with Gasteiger partial charge in [-0.1, -0.05) is 153 Å². The van der Waals surface area contributed by atoms with E-state index in [0.29, 0.717) is 0 Å². The van der Waals surface area contributed by atoms with Gasteiger partial charge in [-0.15, -0.1) is 0 Å². The van der Waals surface area contributed by atoms with Crippen molar-refractivity contribution in [1.29, 1.82) is 0 Å². The number of hydrogen-bond acceptors (Lipinski definition) is 2. The highest BCUT2D eigenvalue weighted by molar-refractivity contribution is 5.94. The molecule has 57 heavy (non-hydrogen) atoms. The first-order chi connectivity index (χ1) is 28.0. The Balaban J connectivity index is 0.964. The minimum absolute atomic E-state index is 0.173. The number of anilines is 5. The molecule has 0 N–H and O–H groups in total. The van der Waals surface area contributed by atoms with Crippen molar-refractivity contribution in [2.24, 2.45) is 0 Å². The summed E-state index contributed by atoms with van der Waals surface area (Å²) < 4.78 is 0. The summed E-state index contributed by atoms with van der Waals surface area (Å²) in [6.45, 7) is 4.75. The lowest BCUT2D eigenvalue weighted by Gasteiger charge is -2.28. The zero-order valence-corrected chi connectivity index (χ0v) is 32.4. The molecule has 0 aromatic heterocycles. The molecule has 2 aliphatic rings. The molecule has 2 nitrogen and oxygen atoms in total. The van der Waals surface area contributed by atoms with E-state index in [2.05, 4.69) is 230 Å². The van der Waals surface area contributed by atoms with E-state index in [1.807, 2.05) is 0 Å². The maximum atomic E-state index is 2.43. The zero-order chi connectivity index (χ0) is 38.3. The average Bonchev–Trinajstić information content (AvgIpc) is 3.49. The van der Waals surface area contributed by atoms with Crippen molar-refractivity contribution in [2.75, 3.05) is 9.80 Å². The van der Waals surface area contributed by atoms with Crippen molar-refractivity contribution in [1.82, 2.24) is 0 Å². The van der Waals surface area contributed by atoms with Crippen LogP contribution in [0.25, 0.3) is 44.8 Å². The maximum Gasteiger partial charge on any atom is 0.0468 e. The highest BCUT2D eigenvalue weighted by Crippen LogP contribution is 2.51. The van der Waals surface area contributed by atoms with Crippen LogP contribution in [-0.4, -0.2) is 0 Å². The lowest BCUT2D eigenvalue weighted by Crippen LogP contribution is -2.16. The van der Waals surface area contributed by atoms with Crippen molar-refractivity contribution in [3.05, 3.63) is 222 Å². The van der Waals surface area contributed by atoms with Gasteiger partial charge in [0.25, 0.3) is 0 Å². The largest absolute Gasteiger partial charge is 0.311 e. The molecular weight excluding hydrogens is 689 g/mol. The zero-order valence-electron chi connectivity index (χ0n) is 32.4. The maximum absolute atomic E-state index is 2.43. The number of benzene rings is 8. The van der Waals surface area contributed by atoms with Gasteiger partial charge in [-0.05, 0) is 135 Å². The van der Waals surface area contributed by atoms with E-state index in [1.54, 1.807) is 0 Å². The summed E-state index contributed by atoms with van der Waals surface area (Å²) in [5.74, 6) is 0. The number of para-hydroxylation sites is 1. The predicted octanol–water partition coefficient (Wildman–Crippen LogP) is 15.3. The second-order valence-electron chi connectivity index (χ2n) is 15.8. The van der Waals surface area contributed by atoms with Crippen molar-refractivity contribution in [3.8, 4) is 11.1 Å². The number of hydrogen-bond donors (Lipinski definition) is 0. The minimum Gasteiger partial charge on any atom is -0.311 e.